The molecule has 82 valence electrons. The Morgan fingerprint density at radius 3 is 2.93 bits per heavy atom. The maximum atomic E-state index is 9.52. The number of hydrogen-bond donors (Lipinski definition) is 1. The molecule has 1 aliphatic rings. The van der Waals surface area contributed by atoms with Gasteiger partial charge in [0.25, 0.3) is 0 Å². The lowest BCUT2D eigenvalue weighted by Gasteiger charge is -2.19. The van der Waals surface area contributed by atoms with Crippen molar-refractivity contribution in [2.24, 2.45) is 0 Å². The molecule has 1 aromatic rings. The minimum Gasteiger partial charge on any atom is -0.392 e. The fourth-order valence-electron chi connectivity index (χ4n) is 2.00. The summed E-state index contributed by atoms with van der Waals surface area (Å²) in [6.07, 6.45) is 2.51. The molecule has 1 aliphatic heterocycles. The Bertz CT molecular complexity index is 328. The average Bonchev–Trinajstić information content (AvgIpc) is 2.49. The highest BCUT2D eigenvalue weighted by Gasteiger charge is 2.27. The van der Waals surface area contributed by atoms with Crippen molar-refractivity contribution in [3.63, 3.8) is 0 Å². The number of likely N-dealkylation sites (tertiary alicyclic amines) is 1. The minimum absolute atomic E-state index is 0.171. The number of β-amino-alcohol motifs (C(OH)–C–C–N with tert-alkyl or cyclic N) is 1. The van der Waals surface area contributed by atoms with E-state index in [2.05, 4.69) is 32.7 Å². The molecule has 1 saturated heterocycles. The summed E-state index contributed by atoms with van der Waals surface area (Å²) < 4.78 is 1.00. The van der Waals surface area contributed by atoms with Gasteiger partial charge in [-0.05, 0) is 41.4 Å². The molecule has 0 aliphatic carbocycles. The van der Waals surface area contributed by atoms with E-state index in [9.17, 15) is 5.11 Å². The highest BCUT2D eigenvalue weighted by molar-refractivity contribution is 9.10. The zero-order chi connectivity index (χ0) is 10.8. The van der Waals surface area contributed by atoms with Crippen molar-refractivity contribution in [2.75, 3.05) is 6.54 Å². The van der Waals surface area contributed by atoms with Crippen molar-refractivity contribution < 1.29 is 5.11 Å². The van der Waals surface area contributed by atoms with E-state index in [1.54, 1.807) is 0 Å². The van der Waals surface area contributed by atoms with Crippen molar-refractivity contribution in [3.8, 4) is 0 Å². The first kappa shape index (κ1) is 11.0. The van der Waals surface area contributed by atoms with E-state index in [0.717, 1.165) is 29.7 Å². The maximum absolute atomic E-state index is 9.52. The smallest absolute Gasteiger partial charge is 0.0682 e. The topological polar surface area (TPSA) is 36.4 Å². The van der Waals surface area contributed by atoms with Gasteiger partial charge in [0.2, 0.25) is 0 Å². The fraction of sp³-hybridized carbons (Fsp3) is 0.545. The van der Waals surface area contributed by atoms with Crippen molar-refractivity contribution in [1.82, 2.24) is 9.88 Å². The molecular formula is C11H15BrN2O. The van der Waals surface area contributed by atoms with Crippen LogP contribution < -0.4 is 0 Å². The second-order valence-corrected chi connectivity index (χ2v) is 5.05. The summed E-state index contributed by atoms with van der Waals surface area (Å²) in [6, 6.07) is 4.46. The molecule has 2 heterocycles. The lowest BCUT2D eigenvalue weighted by atomic mass is 10.2. The van der Waals surface area contributed by atoms with Gasteiger partial charge in [-0.1, -0.05) is 0 Å². The van der Waals surface area contributed by atoms with Gasteiger partial charge in [-0.15, -0.1) is 0 Å². The molecule has 0 saturated carbocycles. The van der Waals surface area contributed by atoms with Gasteiger partial charge < -0.3 is 5.11 Å². The van der Waals surface area contributed by atoms with E-state index in [4.69, 9.17) is 0 Å². The summed E-state index contributed by atoms with van der Waals surface area (Å²) in [5.41, 5.74) is 1.05. The van der Waals surface area contributed by atoms with Crippen molar-refractivity contribution in [1.29, 1.82) is 0 Å². The summed E-state index contributed by atoms with van der Waals surface area (Å²) in [7, 11) is 0. The van der Waals surface area contributed by atoms with Crippen LogP contribution in [-0.4, -0.2) is 33.7 Å². The summed E-state index contributed by atoms with van der Waals surface area (Å²) in [4.78, 5) is 6.60. The molecule has 0 amide bonds. The third-order valence-corrected chi connectivity index (χ3v) is 3.30. The van der Waals surface area contributed by atoms with Gasteiger partial charge in [-0.25, -0.2) is 0 Å². The van der Waals surface area contributed by atoms with Crippen LogP contribution >= 0.6 is 15.9 Å². The van der Waals surface area contributed by atoms with Gasteiger partial charge in [-0.2, -0.15) is 0 Å². The van der Waals surface area contributed by atoms with E-state index >= 15 is 0 Å². The normalized spacial score (nSPS) is 27.1. The molecule has 0 radical (unpaired) electrons. The van der Waals surface area contributed by atoms with E-state index < -0.39 is 0 Å². The lowest BCUT2D eigenvalue weighted by molar-refractivity contribution is 0.172. The molecular weight excluding hydrogens is 256 g/mol. The Morgan fingerprint density at radius 2 is 2.40 bits per heavy atom. The third kappa shape index (κ3) is 2.77. The average molecular weight is 271 g/mol. The molecule has 1 aromatic heterocycles. The molecule has 1 fully saturated rings. The monoisotopic (exact) mass is 270 g/mol. The Balaban J connectivity index is 2.00. The fourth-order valence-corrected chi connectivity index (χ4v) is 2.23. The Morgan fingerprint density at radius 1 is 1.60 bits per heavy atom. The van der Waals surface area contributed by atoms with E-state index in [0.29, 0.717) is 6.04 Å². The van der Waals surface area contributed by atoms with Gasteiger partial charge in [0.05, 0.1) is 11.8 Å². The standard InChI is InChI=1S/C11H15BrN2O/c1-8-4-11(15)7-14(8)6-10-3-2-9(12)5-13-10/h2-3,5,8,11,15H,4,6-7H2,1H3. The molecule has 1 N–H and O–H groups in total. The molecule has 3 nitrogen and oxygen atoms in total. The van der Waals surface area contributed by atoms with Crippen LogP contribution in [0.25, 0.3) is 0 Å². The molecule has 4 heteroatoms. The van der Waals surface area contributed by atoms with Crippen molar-refractivity contribution >= 4 is 15.9 Å². The predicted octanol–water partition coefficient (Wildman–Crippen LogP) is 1.80. The molecule has 15 heavy (non-hydrogen) atoms. The largest absolute Gasteiger partial charge is 0.392 e. The lowest BCUT2D eigenvalue weighted by Crippen LogP contribution is -2.27. The van der Waals surface area contributed by atoms with Crippen LogP contribution in [0.3, 0.4) is 0 Å². The highest BCUT2D eigenvalue weighted by Crippen LogP contribution is 2.19. The maximum Gasteiger partial charge on any atom is 0.0682 e. The van der Waals surface area contributed by atoms with Crippen LogP contribution in [0.15, 0.2) is 22.8 Å². The molecule has 2 unspecified atom stereocenters. The summed E-state index contributed by atoms with van der Waals surface area (Å²) in [5, 5.41) is 9.52. The quantitative estimate of drug-likeness (QED) is 0.891. The number of rotatable bonds is 2. The minimum atomic E-state index is -0.171. The van der Waals surface area contributed by atoms with E-state index in [1.807, 2.05) is 18.3 Å². The second-order valence-electron chi connectivity index (χ2n) is 4.14. The molecule has 2 atom stereocenters. The second kappa shape index (κ2) is 4.60. The first-order chi connectivity index (χ1) is 7.15. The van der Waals surface area contributed by atoms with Gasteiger partial charge in [0.1, 0.15) is 0 Å². The van der Waals surface area contributed by atoms with Gasteiger partial charge in [-0.3, -0.25) is 9.88 Å². The molecule has 2 rings (SSSR count). The Labute approximate surface area is 98.3 Å². The Kier molecular flexibility index (Phi) is 3.38. The zero-order valence-corrected chi connectivity index (χ0v) is 10.3. The predicted molar refractivity (Wildman–Crippen MR) is 62.4 cm³/mol. The first-order valence-electron chi connectivity index (χ1n) is 5.17. The van der Waals surface area contributed by atoms with Crippen LogP contribution in [0.2, 0.25) is 0 Å². The Hall–Kier alpha value is -0.450. The van der Waals surface area contributed by atoms with Crippen LogP contribution in [-0.2, 0) is 6.54 Å². The third-order valence-electron chi connectivity index (χ3n) is 2.84. The molecule has 0 aromatic carbocycles. The summed E-state index contributed by atoms with van der Waals surface area (Å²) >= 11 is 3.36. The van der Waals surface area contributed by atoms with Crippen LogP contribution in [0.5, 0.6) is 0 Å². The number of halogens is 1. The number of aliphatic hydroxyl groups is 1. The number of pyridine rings is 1. The number of hydrogen-bond acceptors (Lipinski definition) is 3. The van der Waals surface area contributed by atoms with Crippen molar-refractivity contribution in [2.45, 2.75) is 32.0 Å². The summed E-state index contributed by atoms with van der Waals surface area (Å²) in [5.74, 6) is 0. The zero-order valence-electron chi connectivity index (χ0n) is 8.73. The van der Waals surface area contributed by atoms with Gasteiger partial charge >= 0.3 is 0 Å². The number of nitrogens with zero attached hydrogens (tertiary/aromatic N) is 2. The van der Waals surface area contributed by atoms with Crippen LogP contribution in [0.1, 0.15) is 19.0 Å². The van der Waals surface area contributed by atoms with E-state index in [1.165, 1.54) is 0 Å². The number of aliphatic hydroxyl groups excluding tert-OH is 1. The van der Waals surface area contributed by atoms with Crippen molar-refractivity contribution in [3.05, 3.63) is 28.5 Å². The molecule has 0 bridgehead atoms. The van der Waals surface area contributed by atoms with Gasteiger partial charge in [0, 0.05) is 29.8 Å². The first-order valence-corrected chi connectivity index (χ1v) is 5.97. The van der Waals surface area contributed by atoms with Gasteiger partial charge in [0.15, 0.2) is 0 Å². The highest BCUT2D eigenvalue weighted by atomic mass is 79.9. The van der Waals surface area contributed by atoms with Crippen LogP contribution in [0.4, 0.5) is 0 Å². The molecule has 0 spiro atoms. The van der Waals surface area contributed by atoms with Crippen LogP contribution in [0, 0.1) is 0 Å². The van der Waals surface area contributed by atoms with E-state index in [-0.39, 0.29) is 6.10 Å². The number of aromatic nitrogens is 1. The summed E-state index contributed by atoms with van der Waals surface area (Å²) in [6.45, 7) is 3.74. The SMILES string of the molecule is CC1CC(O)CN1Cc1ccc(Br)cn1.